The third-order valence-electron chi connectivity index (χ3n) is 2.93. The molecule has 0 heterocycles. The monoisotopic (exact) mass is 391 g/mol. The van der Waals surface area contributed by atoms with Crippen molar-refractivity contribution in [2.75, 3.05) is 46.6 Å². The molecule has 0 rings (SSSR count). The maximum atomic E-state index is 11.7. The van der Waals surface area contributed by atoms with Crippen LogP contribution in [0, 0.1) is 0 Å². The molecule has 156 valence electrons. The van der Waals surface area contributed by atoms with Gasteiger partial charge in [-0.1, -0.05) is 0 Å². The van der Waals surface area contributed by atoms with Crippen LogP contribution in [0.15, 0.2) is 0 Å². The number of amides is 1. The Morgan fingerprint density at radius 1 is 0.889 bits per heavy atom. The Morgan fingerprint density at radius 3 is 2.00 bits per heavy atom. The number of aliphatic carboxylic acids is 1. The molecule has 10 heteroatoms. The molecule has 0 unspecified atom stereocenters. The highest BCUT2D eigenvalue weighted by Gasteiger charge is 2.19. The standard InChI is InChI=1S/C17H29NO9/c1-17(2,3)27-16(23)18(4)7-8-24-9-10-25-11-12-26-14(20)6-5-13(19)15(21)22/h5-12H2,1-4H3,(H,21,22). The van der Waals surface area contributed by atoms with Gasteiger partial charge in [0.1, 0.15) is 12.2 Å². The molecule has 27 heavy (non-hydrogen) atoms. The minimum atomic E-state index is -1.57. The van der Waals surface area contributed by atoms with Crippen molar-refractivity contribution in [3.63, 3.8) is 0 Å². The molecule has 0 aromatic carbocycles. The van der Waals surface area contributed by atoms with E-state index in [1.165, 1.54) is 4.90 Å². The van der Waals surface area contributed by atoms with E-state index in [-0.39, 0.29) is 32.7 Å². The van der Waals surface area contributed by atoms with Crippen LogP contribution < -0.4 is 0 Å². The molecule has 1 amide bonds. The molecular formula is C17H29NO9. The highest BCUT2D eigenvalue weighted by Crippen LogP contribution is 2.08. The fourth-order valence-electron chi connectivity index (χ4n) is 1.56. The van der Waals surface area contributed by atoms with Gasteiger partial charge in [0, 0.05) is 20.0 Å². The summed E-state index contributed by atoms with van der Waals surface area (Å²) in [7, 11) is 1.62. The normalized spacial score (nSPS) is 11.0. The van der Waals surface area contributed by atoms with Crippen LogP contribution >= 0.6 is 0 Å². The van der Waals surface area contributed by atoms with Gasteiger partial charge in [-0.25, -0.2) is 9.59 Å². The van der Waals surface area contributed by atoms with Crippen LogP contribution in [0.2, 0.25) is 0 Å². The fourth-order valence-corrected chi connectivity index (χ4v) is 1.56. The van der Waals surface area contributed by atoms with Gasteiger partial charge in [-0.05, 0) is 20.8 Å². The number of carbonyl (C=O) groups excluding carboxylic acids is 3. The second-order valence-corrected chi connectivity index (χ2v) is 6.58. The second kappa shape index (κ2) is 13.0. The van der Waals surface area contributed by atoms with Gasteiger partial charge in [-0.2, -0.15) is 0 Å². The minimum Gasteiger partial charge on any atom is -0.476 e. The number of rotatable bonds is 13. The van der Waals surface area contributed by atoms with Gasteiger partial charge in [0.05, 0.1) is 32.8 Å². The summed E-state index contributed by atoms with van der Waals surface area (Å²) in [4.78, 5) is 45.5. The summed E-state index contributed by atoms with van der Waals surface area (Å²) in [6.45, 7) is 6.82. The lowest BCUT2D eigenvalue weighted by Crippen LogP contribution is -2.36. The number of nitrogens with zero attached hydrogens (tertiary/aromatic N) is 1. The average molecular weight is 391 g/mol. The van der Waals surface area contributed by atoms with Crippen molar-refractivity contribution in [3.8, 4) is 0 Å². The molecule has 1 N–H and O–H groups in total. The summed E-state index contributed by atoms with van der Waals surface area (Å²) >= 11 is 0. The van der Waals surface area contributed by atoms with Crippen LogP contribution in [0.4, 0.5) is 4.79 Å². The third kappa shape index (κ3) is 14.6. The molecule has 0 atom stereocenters. The van der Waals surface area contributed by atoms with Crippen molar-refractivity contribution in [2.24, 2.45) is 0 Å². The minimum absolute atomic E-state index is 0.00147. The zero-order valence-corrected chi connectivity index (χ0v) is 16.3. The average Bonchev–Trinajstić information content (AvgIpc) is 2.56. The second-order valence-electron chi connectivity index (χ2n) is 6.58. The Balaban J connectivity index is 3.54. The fraction of sp³-hybridized carbons (Fsp3) is 0.765. The SMILES string of the molecule is CN(CCOCCOCCOC(=O)CCC(=O)C(=O)O)C(=O)OC(C)(C)C. The van der Waals surface area contributed by atoms with Gasteiger partial charge in [0.15, 0.2) is 0 Å². The van der Waals surface area contributed by atoms with Crippen LogP contribution in [-0.4, -0.2) is 86.0 Å². The summed E-state index contributed by atoms with van der Waals surface area (Å²) in [6.07, 6.45) is -1.09. The summed E-state index contributed by atoms with van der Waals surface area (Å²) < 4.78 is 20.5. The molecule has 0 spiro atoms. The van der Waals surface area contributed by atoms with E-state index in [4.69, 9.17) is 24.1 Å². The third-order valence-corrected chi connectivity index (χ3v) is 2.93. The molecule has 0 bridgehead atoms. The summed E-state index contributed by atoms with van der Waals surface area (Å²) in [5.74, 6) is -3.25. The number of carboxylic acids is 1. The van der Waals surface area contributed by atoms with Crippen molar-refractivity contribution in [3.05, 3.63) is 0 Å². The number of hydrogen-bond donors (Lipinski definition) is 1. The first-order chi connectivity index (χ1) is 12.5. The Kier molecular flexibility index (Phi) is 12.0. The van der Waals surface area contributed by atoms with Gasteiger partial charge in [0.2, 0.25) is 5.78 Å². The Labute approximate surface area is 158 Å². The number of carbonyl (C=O) groups is 4. The predicted octanol–water partition coefficient (Wildman–Crippen LogP) is 0.864. The largest absolute Gasteiger partial charge is 0.476 e. The van der Waals surface area contributed by atoms with Gasteiger partial charge < -0.3 is 29.0 Å². The van der Waals surface area contributed by atoms with Crippen LogP contribution in [0.1, 0.15) is 33.6 Å². The first kappa shape index (κ1) is 24.8. The van der Waals surface area contributed by atoms with Gasteiger partial charge in [-0.15, -0.1) is 0 Å². The maximum Gasteiger partial charge on any atom is 0.410 e. The number of carboxylic acid groups (broad SMARTS) is 1. The lowest BCUT2D eigenvalue weighted by molar-refractivity contribution is -0.151. The Hall–Kier alpha value is -2.20. The van der Waals surface area contributed by atoms with Crippen molar-refractivity contribution in [1.29, 1.82) is 0 Å². The van der Waals surface area contributed by atoms with Gasteiger partial charge in [0.25, 0.3) is 0 Å². The molecule has 0 fully saturated rings. The van der Waals surface area contributed by atoms with Crippen molar-refractivity contribution < 1.29 is 43.2 Å². The highest BCUT2D eigenvalue weighted by atomic mass is 16.6. The predicted molar refractivity (Wildman–Crippen MR) is 93.3 cm³/mol. The van der Waals surface area contributed by atoms with Crippen LogP contribution in [-0.2, 0) is 33.3 Å². The van der Waals surface area contributed by atoms with E-state index in [0.717, 1.165) is 0 Å². The molecule has 0 aliphatic rings. The summed E-state index contributed by atoms with van der Waals surface area (Å²) in [6, 6.07) is 0. The zero-order chi connectivity index (χ0) is 20.9. The van der Waals surface area contributed by atoms with Crippen LogP contribution in [0.3, 0.4) is 0 Å². The molecule has 0 aliphatic heterocycles. The molecule has 0 radical (unpaired) electrons. The van der Waals surface area contributed by atoms with Crippen molar-refractivity contribution >= 4 is 23.8 Å². The molecule has 10 nitrogen and oxygen atoms in total. The number of likely N-dealkylation sites (N-methyl/N-ethyl adjacent to an activating group) is 1. The highest BCUT2D eigenvalue weighted by molar-refractivity contribution is 6.32. The lowest BCUT2D eigenvalue weighted by Gasteiger charge is -2.24. The first-order valence-electron chi connectivity index (χ1n) is 8.54. The van der Waals surface area contributed by atoms with Crippen molar-refractivity contribution in [2.45, 2.75) is 39.2 Å². The number of hydrogen-bond acceptors (Lipinski definition) is 8. The van der Waals surface area contributed by atoms with Gasteiger partial charge in [-0.3, -0.25) is 9.59 Å². The van der Waals surface area contributed by atoms with Gasteiger partial charge >= 0.3 is 18.0 Å². The van der Waals surface area contributed by atoms with E-state index >= 15 is 0 Å². The van der Waals surface area contributed by atoms with E-state index in [1.54, 1.807) is 27.8 Å². The summed E-state index contributed by atoms with van der Waals surface area (Å²) in [5.41, 5.74) is -0.546. The molecular weight excluding hydrogens is 362 g/mol. The first-order valence-corrected chi connectivity index (χ1v) is 8.54. The molecule has 0 saturated carbocycles. The molecule has 0 aromatic heterocycles. The molecule has 0 aromatic rings. The van der Waals surface area contributed by atoms with Crippen LogP contribution in [0.25, 0.3) is 0 Å². The van der Waals surface area contributed by atoms with E-state index < -0.39 is 29.4 Å². The number of ether oxygens (including phenoxy) is 4. The zero-order valence-electron chi connectivity index (χ0n) is 16.3. The lowest BCUT2D eigenvalue weighted by atomic mass is 10.2. The smallest absolute Gasteiger partial charge is 0.410 e. The molecule has 0 aliphatic carbocycles. The Bertz CT molecular complexity index is 499. The number of esters is 1. The van der Waals surface area contributed by atoms with E-state index in [1.807, 2.05) is 0 Å². The number of ketones is 1. The number of Topliss-reactive ketones (excluding diaryl/α,β-unsaturated/α-hetero) is 1. The van der Waals surface area contributed by atoms with Crippen molar-refractivity contribution in [1.82, 2.24) is 4.90 Å². The van der Waals surface area contributed by atoms with E-state index in [9.17, 15) is 19.2 Å². The maximum absolute atomic E-state index is 11.7. The van der Waals surface area contributed by atoms with Crippen LogP contribution in [0.5, 0.6) is 0 Å². The quantitative estimate of drug-likeness (QED) is 0.276. The summed E-state index contributed by atoms with van der Waals surface area (Å²) in [5, 5.41) is 8.37. The van der Waals surface area contributed by atoms with E-state index in [0.29, 0.717) is 19.8 Å². The Morgan fingerprint density at radius 2 is 1.44 bits per heavy atom. The topological polar surface area (TPSA) is 129 Å². The van der Waals surface area contributed by atoms with E-state index in [2.05, 4.69) is 0 Å². The molecule has 0 saturated heterocycles.